The van der Waals surface area contributed by atoms with Gasteiger partial charge < -0.3 is 19.5 Å². The Balaban J connectivity index is 1.50. The molecule has 1 amide bonds. The fraction of sp³-hybridized carbons (Fsp3) is 0.333. The second-order valence-electron chi connectivity index (χ2n) is 8.93. The molecule has 0 saturated heterocycles. The highest BCUT2D eigenvalue weighted by Crippen LogP contribution is 2.25. The molecule has 3 aromatic carbocycles. The van der Waals surface area contributed by atoms with Gasteiger partial charge in [0, 0.05) is 12.0 Å². The van der Waals surface area contributed by atoms with E-state index in [9.17, 15) is 9.59 Å². The molecule has 1 N–H and O–H groups in total. The molecule has 0 unspecified atom stereocenters. The van der Waals surface area contributed by atoms with Gasteiger partial charge in [-0.25, -0.2) is 0 Å². The van der Waals surface area contributed by atoms with Gasteiger partial charge in [0.05, 0.1) is 18.9 Å². The molecule has 0 fully saturated rings. The molecule has 6 nitrogen and oxygen atoms in total. The van der Waals surface area contributed by atoms with Crippen LogP contribution in [0.1, 0.15) is 55.1 Å². The minimum Gasteiger partial charge on any atom is -0.491 e. The third kappa shape index (κ3) is 8.77. The van der Waals surface area contributed by atoms with Gasteiger partial charge in [0.15, 0.2) is 0 Å². The lowest BCUT2D eigenvalue weighted by Crippen LogP contribution is -2.13. The number of esters is 1. The van der Waals surface area contributed by atoms with Crippen molar-refractivity contribution in [3.63, 3.8) is 0 Å². The second kappa shape index (κ2) is 13.9. The second-order valence-corrected chi connectivity index (χ2v) is 8.93. The van der Waals surface area contributed by atoms with Gasteiger partial charge in [-0.2, -0.15) is 0 Å². The highest BCUT2D eigenvalue weighted by molar-refractivity contribution is 6.05. The van der Waals surface area contributed by atoms with E-state index in [2.05, 4.69) is 43.4 Å². The van der Waals surface area contributed by atoms with E-state index < -0.39 is 0 Å². The standard InChI is InChI=1S/C30H35NO5/c1-4-34-29(32)10-7-19-35-28-9-6-5-8-27(28)31-30(33)25-15-17-26(18-16-25)36-21-24-13-11-23(12-14-24)20-22(2)3/h5-6,8-9,11-18,22H,4,7,10,19-21H2,1-3H3,(H,31,33). The first-order chi connectivity index (χ1) is 17.4. The normalized spacial score (nSPS) is 10.7. The monoisotopic (exact) mass is 489 g/mol. The van der Waals surface area contributed by atoms with Gasteiger partial charge in [-0.05, 0) is 73.2 Å². The van der Waals surface area contributed by atoms with Crippen LogP contribution in [0.4, 0.5) is 5.69 Å². The van der Waals surface area contributed by atoms with Crippen LogP contribution in [-0.4, -0.2) is 25.1 Å². The van der Waals surface area contributed by atoms with Gasteiger partial charge in [-0.3, -0.25) is 9.59 Å². The number of carbonyl (C=O) groups is 2. The first-order valence-electron chi connectivity index (χ1n) is 12.4. The maximum atomic E-state index is 12.8. The van der Waals surface area contributed by atoms with Crippen molar-refractivity contribution in [2.45, 2.75) is 46.6 Å². The van der Waals surface area contributed by atoms with Gasteiger partial charge in [0.1, 0.15) is 18.1 Å². The Kier molecular flexibility index (Phi) is 10.4. The van der Waals surface area contributed by atoms with Crippen molar-refractivity contribution in [2.75, 3.05) is 18.5 Å². The minimum absolute atomic E-state index is 0.241. The molecule has 190 valence electrons. The molecule has 36 heavy (non-hydrogen) atoms. The van der Waals surface area contributed by atoms with E-state index >= 15 is 0 Å². The minimum atomic E-state index is -0.245. The maximum absolute atomic E-state index is 12.8. The van der Waals surface area contributed by atoms with Gasteiger partial charge in [-0.1, -0.05) is 50.2 Å². The molecule has 0 aliphatic carbocycles. The molecule has 0 spiro atoms. The first-order valence-corrected chi connectivity index (χ1v) is 12.4. The lowest BCUT2D eigenvalue weighted by Gasteiger charge is -2.13. The number of amides is 1. The number of anilines is 1. The van der Waals surface area contributed by atoms with E-state index in [1.807, 2.05) is 12.1 Å². The third-order valence-corrected chi connectivity index (χ3v) is 5.41. The third-order valence-electron chi connectivity index (χ3n) is 5.41. The zero-order chi connectivity index (χ0) is 25.8. The van der Waals surface area contributed by atoms with Crippen LogP contribution in [0.15, 0.2) is 72.8 Å². The average molecular weight is 490 g/mol. The number of rotatable bonds is 13. The first kappa shape index (κ1) is 26.8. The predicted octanol–water partition coefficient (Wildman–Crippen LogP) is 6.44. The van der Waals surface area contributed by atoms with E-state index in [0.29, 0.717) is 61.3 Å². The molecule has 0 aromatic heterocycles. The van der Waals surface area contributed by atoms with Crippen molar-refractivity contribution >= 4 is 17.6 Å². The van der Waals surface area contributed by atoms with E-state index in [1.54, 1.807) is 43.3 Å². The smallest absolute Gasteiger partial charge is 0.305 e. The number of hydrogen-bond acceptors (Lipinski definition) is 5. The summed E-state index contributed by atoms with van der Waals surface area (Å²) in [6.45, 7) is 7.39. The van der Waals surface area contributed by atoms with E-state index in [0.717, 1.165) is 12.0 Å². The van der Waals surface area contributed by atoms with E-state index in [-0.39, 0.29) is 11.9 Å². The fourth-order valence-corrected chi connectivity index (χ4v) is 3.63. The lowest BCUT2D eigenvalue weighted by atomic mass is 10.0. The predicted molar refractivity (Wildman–Crippen MR) is 142 cm³/mol. The Morgan fingerprint density at radius 1 is 0.861 bits per heavy atom. The summed E-state index contributed by atoms with van der Waals surface area (Å²) in [4.78, 5) is 24.2. The highest BCUT2D eigenvalue weighted by Gasteiger charge is 2.11. The SMILES string of the molecule is CCOC(=O)CCCOc1ccccc1NC(=O)c1ccc(OCc2ccc(CC(C)C)cc2)cc1. The number of carbonyl (C=O) groups excluding carboxylic acids is 2. The summed E-state index contributed by atoms with van der Waals surface area (Å²) in [6.07, 6.45) is 1.89. The summed E-state index contributed by atoms with van der Waals surface area (Å²) in [6, 6.07) is 22.8. The van der Waals surface area contributed by atoms with Crippen LogP contribution in [0, 0.1) is 5.92 Å². The Bertz CT molecular complexity index is 1110. The lowest BCUT2D eigenvalue weighted by molar-refractivity contribution is -0.143. The number of hydrogen-bond donors (Lipinski definition) is 1. The number of nitrogens with one attached hydrogen (secondary N) is 1. The summed E-state index contributed by atoms with van der Waals surface area (Å²) < 4.78 is 16.6. The van der Waals surface area contributed by atoms with Crippen molar-refractivity contribution in [3.05, 3.63) is 89.5 Å². The van der Waals surface area contributed by atoms with Crippen molar-refractivity contribution in [3.8, 4) is 11.5 Å². The van der Waals surface area contributed by atoms with Gasteiger partial charge in [0.25, 0.3) is 5.91 Å². The molecular weight excluding hydrogens is 454 g/mol. The fourth-order valence-electron chi connectivity index (χ4n) is 3.63. The van der Waals surface area contributed by atoms with E-state index in [1.165, 1.54) is 5.56 Å². The molecule has 0 atom stereocenters. The summed E-state index contributed by atoms with van der Waals surface area (Å²) in [5.74, 6) is 1.39. The largest absolute Gasteiger partial charge is 0.491 e. The zero-order valence-electron chi connectivity index (χ0n) is 21.3. The molecule has 0 saturated carbocycles. The molecule has 0 aliphatic rings. The molecule has 0 radical (unpaired) electrons. The quantitative estimate of drug-likeness (QED) is 0.221. The molecule has 0 heterocycles. The molecule has 6 heteroatoms. The van der Waals surface area contributed by atoms with Gasteiger partial charge in [0.2, 0.25) is 0 Å². The van der Waals surface area contributed by atoms with Crippen LogP contribution < -0.4 is 14.8 Å². The van der Waals surface area contributed by atoms with Crippen LogP contribution in [0.3, 0.4) is 0 Å². The van der Waals surface area contributed by atoms with E-state index in [4.69, 9.17) is 14.2 Å². The maximum Gasteiger partial charge on any atom is 0.305 e. The molecule has 0 bridgehead atoms. The molecule has 0 aliphatic heterocycles. The van der Waals surface area contributed by atoms with Crippen molar-refractivity contribution < 1.29 is 23.8 Å². The number of ether oxygens (including phenoxy) is 3. The number of benzene rings is 3. The van der Waals surface area contributed by atoms with Gasteiger partial charge in [-0.15, -0.1) is 0 Å². The molecular formula is C30H35NO5. The number of para-hydroxylation sites is 2. The summed E-state index contributed by atoms with van der Waals surface area (Å²) in [7, 11) is 0. The summed E-state index contributed by atoms with van der Waals surface area (Å²) >= 11 is 0. The molecule has 3 rings (SSSR count). The summed E-state index contributed by atoms with van der Waals surface area (Å²) in [5, 5.41) is 2.90. The van der Waals surface area contributed by atoms with Crippen molar-refractivity contribution in [1.29, 1.82) is 0 Å². The topological polar surface area (TPSA) is 73.9 Å². The van der Waals surface area contributed by atoms with Crippen molar-refractivity contribution in [1.82, 2.24) is 0 Å². The Hall–Kier alpha value is -3.80. The zero-order valence-corrected chi connectivity index (χ0v) is 21.3. The van der Waals surface area contributed by atoms with Crippen LogP contribution in [0.5, 0.6) is 11.5 Å². The van der Waals surface area contributed by atoms with Crippen LogP contribution in [-0.2, 0) is 22.6 Å². The van der Waals surface area contributed by atoms with Crippen LogP contribution in [0.2, 0.25) is 0 Å². The van der Waals surface area contributed by atoms with Crippen LogP contribution in [0.25, 0.3) is 0 Å². The summed E-state index contributed by atoms with van der Waals surface area (Å²) in [5.41, 5.74) is 3.51. The van der Waals surface area contributed by atoms with Gasteiger partial charge >= 0.3 is 5.97 Å². The molecule has 3 aromatic rings. The van der Waals surface area contributed by atoms with Crippen LogP contribution >= 0.6 is 0 Å². The van der Waals surface area contributed by atoms with Crippen molar-refractivity contribution in [2.24, 2.45) is 5.92 Å². The Morgan fingerprint density at radius 2 is 1.56 bits per heavy atom. The highest BCUT2D eigenvalue weighted by atomic mass is 16.5. The Morgan fingerprint density at radius 3 is 2.25 bits per heavy atom. The Labute approximate surface area is 213 Å². The average Bonchev–Trinajstić information content (AvgIpc) is 2.87.